The Bertz CT molecular complexity index is 740. The van der Waals surface area contributed by atoms with Gasteiger partial charge in [-0.1, -0.05) is 6.07 Å². The summed E-state index contributed by atoms with van der Waals surface area (Å²) in [5.74, 6) is 0.361. The van der Waals surface area contributed by atoms with Crippen LogP contribution < -0.4 is 4.74 Å². The molecule has 1 aromatic carbocycles. The number of thiophene rings is 1. The normalized spacial score (nSPS) is 11.9. The van der Waals surface area contributed by atoms with Gasteiger partial charge in [0, 0.05) is 18.5 Å². The summed E-state index contributed by atoms with van der Waals surface area (Å²) in [4.78, 5) is 1.17. The number of sulfonamides is 1. The topological polar surface area (TPSA) is 46.6 Å². The predicted molar refractivity (Wildman–Crippen MR) is 88.4 cm³/mol. The zero-order chi connectivity index (χ0) is 15.6. The molecular formula is C14H16BrNO3S2. The number of ether oxygens (including phenoxy) is 1. The number of halogens is 1. The molecule has 0 aliphatic rings. The zero-order valence-electron chi connectivity index (χ0n) is 12.0. The van der Waals surface area contributed by atoms with Gasteiger partial charge in [0.1, 0.15) is 10.6 Å². The summed E-state index contributed by atoms with van der Waals surface area (Å²) in [6, 6.07) is 8.96. The Morgan fingerprint density at radius 3 is 2.57 bits per heavy atom. The van der Waals surface area contributed by atoms with Crippen LogP contribution in [0.15, 0.2) is 39.0 Å². The van der Waals surface area contributed by atoms with Crippen molar-refractivity contribution < 1.29 is 13.2 Å². The van der Waals surface area contributed by atoms with Crippen LogP contribution in [0.1, 0.15) is 10.4 Å². The molecule has 7 heteroatoms. The van der Waals surface area contributed by atoms with Crippen LogP contribution in [0.2, 0.25) is 0 Å². The van der Waals surface area contributed by atoms with Crippen molar-refractivity contribution in [2.75, 3.05) is 14.2 Å². The molecule has 2 rings (SSSR count). The van der Waals surface area contributed by atoms with Gasteiger partial charge in [0.2, 0.25) is 10.0 Å². The van der Waals surface area contributed by atoms with E-state index < -0.39 is 10.0 Å². The van der Waals surface area contributed by atoms with Crippen LogP contribution in [0.5, 0.6) is 5.75 Å². The van der Waals surface area contributed by atoms with Crippen molar-refractivity contribution in [2.45, 2.75) is 18.4 Å². The number of methoxy groups -OCH3 is 1. The molecule has 0 spiro atoms. The number of rotatable bonds is 5. The predicted octanol–water partition coefficient (Wildman–Crippen LogP) is 3.65. The number of benzene rings is 1. The van der Waals surface area contributed by atoms with E-state index in [1.54, 1.807) is 19.2 Å². The third-order valence-corrected chi connectivity index (χ3v) is 6.45. The molecule has 0 bridgehead atoms. The van der Waals surface area contributed by atoms with Gasteiger partial charge < -0.3 is 4.74 Å². The molecule has 0 radical (unpaired) electrons. The monoisotopic (exact) mass is 389 g/mol. The lowest BCUT2D eigenvalue weighted by atomic mass is 10.2. The Kier molecular flexibility index (Phi) is 5.08. The molecule has 0 atom stereocenters. The number of aryl methyl sites for hydroxylation is 1. The molecule has 0 aliphatic heterocycles. The summed E-state index contributed by atoms with van der Waals surface area (Å²) in [5.41, 5.74) is 0.877. The zero-order valence-corrected chi connectivity index (χ0v) is 15.2. The van der Waals surface area contributed by atoms with Crippen LogP contribution >= 0.6 is 27.3 Å². The quantitative estimate of drug-likeness (QED) is 0.783. The molecule has 0 fully saturated rings. The van der Waals surface area contributed by atoms with Crippen LogP contribution in [0.3, 0.4) is 0 Å². The number of nitrogens with zero attached hydrogens (tertiary/aromatic N) is 1. The fraction of sp³-hybridized carbons (Fsp3) is 0.286. The minimum atomic E-state index is -3.59. The third-order valence-electron chi connectivity index (χ3n) is 3.01. The van der Waals surface area contributed by atoms with Gasteiger partial charge >= 0.3 is 0 Å². The van der Waals surface area contributed by atoms with Crippen molar-refractivity contribution in [3.8, 4) is 5.75 Å². The standard InChI is InChI=1S/C14H16BrNO3S2/c1-10-4-6-12(19-3)13(8-10)21(17,18)16(2)9-11-5-7-14(15)20-11/h4-8H,9H2,1-3H3. The molecule has 114 valence electrons. The SMILES string of the molecule is COc1ccc(C)cc1S(=O)(=O)N(C)Cc1ccc(Br)s1. The first-order chi connectivity index (χ1) is 9.84. The number of hydrogen-bond acceptors (Lipinski definition) is 4. The Hall–Kier alpha value is -0.890. The van der Waals surface area contributed by atoms with Gasteiger partial charge in [0.05, 0.1) is 10.9 Å². The minimum Gasteiger partial charge on any atom is -0.495 e. The molecule has 0 unspecified atom stereocenters. The second-order valence-corrected chi connectivity index (χ2v) is 9.18. The van der Waals surface area contributed by atoms with E-state index in [0.717, 1.165) is 14.2 Å². The van der Waals surface area contributed by atoms with E-state index in [4.69, 9.17) is 4.74 Å². The Morgan fingerprint density at radius 2 is 2.00 bits per heavy atom. The van der Waals surface area contributed by atoms with Crippen molar-refractivity contribution in [1.29, 1.82) is 0 Å². The van der Waals surface area contributed by atoms with Crippen molar-refractivity contribution in [3.05, 3.63) is 44.6 Å². The lowest BCUT2D eigenvalue weighted by molar-refractivity contribution is 0.397. The van der Waals surface area contributed by atoms with Crippen molar-refractivity contribution in [3.63, 3.8) is 0 Å². The molecule has 0 saturated heterocycles. The first-order valence-electron chi connectivity index (χ1n) is 6.20. The molecule has 2 aromatic rings. The second kappa shape index (κ2) is 6.48. The van der Waals surface area contributed by atoms with Gasteiger partial charge in [0.15, 0.2) is 0 Å². The van der Waals surface area contributed by atoms with Gasteiger partial charge in [0.25, 0.3) is 0 Å². The maximum atomic E-state index is 12.7. The van der Waals surface area contributed by atoms with E-state index >= 15 is 0 Å². The lowest BCUT2D eigenvalue weighted by Crippen LogP contribution is -2.26. The van der Waals surface area contributed by atoms with Crippen LogP contribution in [-0.2, 0) is 16.6 Å². The second-order valence-electron chi connectivity index (χ2n) is 4.62. The van der Waals surface area contributed by atoms with Crippen molar-refractivity contribution in [2.24, 2.45) is 0 Å². The van der Waals surface area contributed by atoms with Crippen LogP contribution in [0.25, 0.3) is 0 Å². The Labute approximate surface area is 137 Å². The maximum Gasteiger partial charge on any atom is 0.246 e. The highest BCUT2D eigenvalue weighted by Gasteiger charge is 2.25. The van der Waals surface area contributed by atoms with Crippen LogP contribution in [-0.4, -0.2) is 26.9 Å². The lowest BCUT2D eigenvalue weighted by Gasteiger charge is -2.18. The molecule has 4 nitrogen and oxygen atoms in total. The van der Waals surface area contributed by atoms with E-state index in [-0.39, 0.29) is 4.90 Å². The molecule has 1 heterocycles. The highest BCUT2D eigenvalue weighted by atomic mass is 79.9. The van der Waals surface area contributed by atoms with Gasteiger partial charge in [-0.2, -0.15) is 4.31 Å². The van der Waals surface area contributed by atoms with Crippen molar-refractivity contribution >= 4 is 37.3 Å². The van der Waals surface area contributed by atoms with Crippen LogP contribution in [0, 0.1) is 6.92 Å². The summed E-state index contributed by atoms with van der Waals surface area (Å²) in [6.07, 6.45) is 0. The van der Waals surface area contributed by atoms with Crippen LogP contribution in [0.4, 0.5) is 0 Å². The first-order valence-corrected chi connectivity index (χ1v) is 9.24. The van der Waals surface area contributed by atoms with Crippen molar-refractivity contribution in [1.82, 2.24) is 4.31 Å². The summed E-state index contributed by atoms with van der Waals surface area (Å²) in [7, 11) is -0.547. The minimum absolute atomic E-state index is 0.197. The van der Waals surface area contributed by atoms with Gasteiger partial charge in [-0.25, -0.2) is 8.42 Å². The smallest absolute Gasteiger partial charge is 0.246 e. The molecular weight excluding hydrogens is 374 g/mol. The highest BCUT2D eigenvalue weighted by molar-refractivity contribution is 9.11. The van der Waals surface area contributed by atoms with Gasteiger partial charge in [-0.15, -0.1) is 11.3 Å². The number of hydrogen-bond donors (Lipinski definition) is 0. The third kappa shape index (κ3) is 3.66. The molecule has 0 N–H and O–H groups in total. The summed E-state index contributed by atoms with van der Waals surface area (Å²) in [6.45, 7) is 2.19. The molecule has 0 amide bonds. The first kappa shape index (κ1) is 16.5. The summed E-state index contributed by atoms with van der Waals surface area (Å²) in [5, 5.41) is 0. The van der Waals surface area contributed by atoms with E-state index in [9.17, 15) is 8.42 Å². The van der Waals surface area contributed by atoms with E-state index in [0.29, 0.717) is 12.3 Å². The Morgan fingerprint density at radius 1 is 1.29 bits per heavy atom. The van der Waals surface area contributed by atoms with Gasteiger partial charge in [-0.05, 0) is 52.7 Å². The van der Waals surface area contributed by atoms with E-state index in [1.807, 2.05) is 25.1 Å². The average molecular weight is 390 g/mol. The maximum absolute atomic E-state index is 12.7. The Balaban J connectivity index is 2.35. The highest BCUT2D eigenvalue weighted by Crippen LogP contribution is 2.29. The molecule has 0 saturated carbocycles. The fourth-order valence-corrected chi connectivity index (χ4v) is 4.90. The van der Waals surface area contributed by atoms with Gasteiger partial charge in [-0.3, -0.25) is 0 Å². The van der Waals surface area contributed by atoms with E-state index in [2.05, 4.69) is 15.9 Å². The molecule has 0 aliphatic carbocycles. The molecule has 1 aromatic heterocycles. The van der Waals surface area contributed by atoms with E-state index in [1.165, 1.54) is 22.8 Å². The largest absolute Gasteiger partial charge is 0.495 e. The average Bonchev–Trinajstić information content (AvgIpc) is 2.84. The fourth-order valence-electron chi connectivity index (χ4n) is 1.89. The molecule has 21 heavy (non-hydrogen) atoms. The summed E-state index contributed by atoms with van der Waals surface area (Å²) < 4.78 is 32.9. The summed E-state index contributed by atoms with van der Waals surface area (Å²) >= 11 is 4.90.